The molecule has 104 valence electrons. The van der Waals surface area contributed by atoms with Crippen LogP contribution in [0.2, 0.25) is 0 Å². The Morgan fingerprint density at radius 3 is 2.45 bits per heavy atom. The number of hydrogen-bond donors (Lipinski definition) is 1. The minimum absolute atomic E-state index is 0.453. The van der Waals surface area contributed by atoms with E-state index in [1.165, 1.54) is 49.4 Å². The largest absolute Gasteiger partial charge is 0.380 e. The lowest BCUT2D eigenvalue weighted by Crippen LogP contribution is -2.17. The van der Waals surface area contributed by atoms with E-state index in [0.29, 0.717) is 6.54 Å². The van der Waals surface area contributed by atoms with E-state index in [9.17, 15) is 4.39 Å². The van der Waals surface area contributed by atoms with Crippen molar-refractivity contribution in [3.05, 3.63) is 54.1 Å². The van der Waals surface area contributed by atoms with Crippen molar-refractivity contribution in [1.82, 2.24) is 4.98 Å². The Morgan fingerprint density at radius 2 is 1.80 bits per heavy atom. The highest BCUT2D eigenvalue weighted by Gasteiger charge is 2.11. The molecule has 2 heterocycles. The van der Waals surface area contributed by atoms with Gasteiger partial charge < -0.3 is 10.2 Å². The number of anilines is 2. The van der Waals surface area contributed by atoms with E-state index in [0.717, 1.165) is 5.69 Å². The SMILES string of the molecule is Fc1ccc(NCc2ccc(N3CCCC3)cc2)cn1. The molecule has 0 aliphatic carbocycles. The van der Waals surface area contributed by atoms with Crippen LogP contribution in [0.4, 0.5) is 15.8 Å². The fourth-order valence-corrected chi connectivity index (χ4v) is 2.48. The van der Waals surface area contributed by atoms with Gasteiger partial charge in [0.15, 0.2) is 0 Å². The summed E-state index contributed by atoms with van der Waals surface area (Å²) in [5, 5.41) is 3.23. The molecule has 0 bridgehead atoms. The highest BCUT2D eigenvalue weighted by atomic mass is 19.1. The molecule has 0 spiro atoms. The highest BCUT2D eigenvalue weighted by molar-refractivity contribution is 5.49. The van der Waals surface area contributed by atoms with Gasteiger partial charge in [0.2, 0.25) is 5.95 Å². The van der Waals surface area contributed by atoms with Crippen molar-refractivity contribution < 1.29 is 4.39 Å². The minimum Gasteiger partial charge on any atom is -0.380 e. The molecule has 4 heteroatoms. The van der Waals surface area contributed by atoms with Crippen molar-refractivity contribution in [3.8, 4) is 0 Å². The van der Waals surface area contributed by atoms with Crippen LogP contribution in [0.5, 0.6) is 0 Å². The van der Waals surface area contributed by atoms with E-state index in [1.807, 2.05) is 0 Å². The van der Waals surface area contributed by atoms with Gasteiger partial charge in [0, 0.05) is 25.3 Å². The molecule has 0 atom stereocenters. The van der Waals surface area contributed by atoms with Gasteiger partial charge in [-0.05, 0) is 42.7 Å². The van der Waals surface area contributed by atoms with Crippen LogP contribution in [0.1, 0.15) is 18.4 Å². The summed E-state index contributed by atoms with van der Waals surface area (Å²) in [7, 11) is 0. The fraction of sp³-hybridized carbons (Fsp3) is 0.312. The normalized spacial score (nSPS) is 14.6. The summed E-state index contributed by atoms with van der Waals surface area (Å²) in [5.41, 5.74) is 3.34. The van der Waals surface area contributed by atoms with E-state index in [-0.39, 0.29) is 0 Å². The third kappa shape index (κ3) is 3.07. The van der Waals surface area contributed by atoms with E-state index in [2.05, 4.69) is 39.5 Å². The summed E-state index contributed by atoms with van der Waals surface area (Å²) in [6.45, 7) is 3.05. The van der Waals surface area contributed by atoms with E-state index in [4.69, 9.17) is 0 Å². The minimum atomic E-state index is -0.453. The fourth-order valence-electron chi connectivity index (χ4n) is 2.48. The lowest BCUT2D eigenvalue weighted by Gasteiger charge is -2.17. The average molecular weight is 271 g/mol. The molecule has 1 N–H and O–H groups in total. The van der Waals surface area contributed by atoms with Crippen LogP contribution in [0.25, 0.3) is 0 Å². The first-order chi connectivity index (χ1) is 9.81. The zero-order chi connectivity index (χ0) is 13.8. The van der Waals surface area contributed by atoms with Gasteiger partial charge in [-0.25, -0.2) is 4.98 Å². The van der Waals surface area contributed by atoms with Crippen molar-refractivity contribution in [2.75, 3.05) is 23.3 Å². The quantitative estimate of drug-likeness (QED) is 0.863. The number of hydrogen-bond acceptors (Lipinski definition) is 3. The number of pyridine rings is 1. The van der Waals surface area contributed by atoms with Crippen molar-refractivity contribution >= 4 is 11.4 Å². The van der Waals surface area contributed by atoms with Crippen molar-refractivity contribution in [2.24, 2.45) is 0 Å². The summed E-state index contributed by atoms with van der Waals surface area (Å²) >= 11 is 0. The Morgan fingerprint density at radius 1 is 1.05 bits per heavy atom. The van der Waals surface area contributed by atoms with Gasteiger partial charge in [-0.15, -0.1) is 0 Å². The zero-order valence-electron chi connectivity index (χ0n) is 11.3. The maximum absolute atomic E-state index is 12.7. The Hall–Kier alpha value is -2.10. The molecular weight excluding hydrogens is 253 g/mol. The smallest absolute Gasteiger partial charge is 0.212 e. The molecule has 0 unspecified atom stereocenters. The molecule has 0 radical (unpaired) electrons. The second-order valence-electron chi connectivity index (χ2n) is 5.08. The van der Waals surface area contributed by atoms with E-state index >= 15 is 0 Å². The second kappa shape index (κ2) is 5.90. The van der Waals surface area contributed by atoms with Gasteiger partial charge in [0.25, 0.3) is 0 Å². The number of rotatable bonds is 4. The van der Waals surface area contributed by atoms with Gasteiger partial charge in [-0.2, -0.15) is 4.39 Å². The van der Waals surface area contributed by atoms with Gasteiger partial charge in [-0.3, -0.25) is 0 Å². The highest BCUT2D eigenvalue weighted by Crippen LogP contribution is 2.20. The summed E-state index contributed by atoms with van der Waals surface area (Å²) in [6, 6.07) is 11.7. The van der Waals surface area contributed by atoms with Crippen molar-refractivity contribution in [2.45, 2.75) is 19.4 Å². The lowest BCUT2D eigenvalue weighted by molar-refractivity contribution is 0.584. The monoisotopic (exact) mass is 271 g/mol. The molecule has 1 aliphatic rings. The van der Waals surface area contributed by atoms with Gasteiger partial charge in [-0.1, -0.05) is 12.1 Å². The van der Waals surface area contributed by atoms with Gasteiger partial charge >= 0.3 is 0 Å². The molecule has 3 nitrogen and oxygen atoms in total. The van der Waals surface area contributed by atoms with Crippen LogP contribution in [0.15, 0.2) is 42.6 Å². The Kier molecular flexibility index (Phi) is 3.81. The average Bonchev–Trinajstić information content (AvgIpc) is 3.01. The number of halogens is 1. The predicted molar refractivity (Wildman–Crippen MR) is 79.4 cm³/mol. The van der Waals surface area contributed by atoms with Crippen LogP contribution in [0, 0.1) is 5.95 Å². The van der Waals surface area contributed by atoms with E-state index in [1.54, 1.807) is 6.07 Å². The van der Waals surface area contributed by atoms with Gasteiger partial charge in [0.1, 0.15) is 0 Å². The Balaban J connectivity index is 1.59. The molecule has 1 saturated heterocycles. The van der Waals surface area contributed by atoms with Gasteiger partial charge in [0.05, 0.1) is 11.9 Å². The summed E-state index contributed by atoms with van der Waals surface area (Å²) < 4.78 is 12.7. The maximum atomic E-state index is 12.7. The van der Waals surface area contributed by atoms with E-state index < -0.39 is 5.95 Å². The molecule has 2 aromatic rings. The summed E-state index contributed by atoms with van der Waals surface area (Å²) in [4.78, 5) is 6.04. The first-order valence-corrected chi connectivity index (χ1v) is 7.00. The van der Waals surface area contributed by atoms with Crippen LogP contribution in [0.3, 0.4) is 0 Å². The molecule has 1 aromatic heterocycles. The third-order valence-corrected chi connectivity index (χ3v) is 3.63. The third-order valence-electron chi connectivity index (χ3n) is 3.63. The van der Waals surface area contributed by atoms with Crippen LogP contribution < -0.4 is 10.2 Å². The molecule has 20 heavy (non-hydrogen) atoms. The second-order valence-corrected chi connectivity index (χ2v) is 5.08. The Labute approximate surface area is 118 Å². The molecule has 1 fully saturated rings. The molecule has 0 saturated carbocycles. The van der Waals surface area contributed by atoms with Crippen LogP contribution >= 0.6 is 0 Å². The van der Waals surface area contributed by atoms with Crippen LogP contribution in [-0.2, 0) is 6.54 Å². The zero-order valence-corrected chi connectivity index (χ0v) is 11.3. The number of nitrogens with one attached hydrogen (secondary N) is 1. The summed E-state index contributed by atoms with van der Waals surface area (Å²) in [5.74, 6) is -0.453. The number of aromatic nitrogens is 1. The molecule has 3 rings (SSSR count). The lowest BCUT2D eigenvalue weighted by atomic mass is 10.2. The predicted octanol–water partition coefficient (Wildman–Crippen LogP) is 3.43. The number of nitrogens with zero attached hydrogens (tertiary/aromatic N) is 2. The Bertz CT molecular complexity index is 545. The molecule has 1 aromatic carbocycles. The molecule has 1 aliphatic heterocycles. The van der Waals surface area contributed by atoms with Crippen LogP contribution in [-0.4, -0.2) is 18.1 Å². The first kappa shape index (κ1) is 12.9. The molecular formula is C16H18FN3. The topological polar surface area (TPSA) is 28.2 Å². The standard InChI is InChI=1S/C16H18FN3/c17-16-8-5-14(12-19-16)18-11-13-3-6-15(7-4-13)20-9-1-2-10-20/h3-8,12,18H,1-2,9-11H2. The van der Waals surface area contributed by atoms with Crippen molar-refractivity contribution in [1.29, 1.82) is 0 Å². The molecule has 0 amide bonds. The van der Waals surface area contributed by atoms with Crippen molar-refractivity contribution in [3.63, 3.8) is 0 Å². The first-order valence-electron chi connectivity index (χ1n) is 7.00. The number of benzene rings is 1. The summed E-state index contributed by atoms with van der Waals surface area (Å²) in [6.07, 6.45) is 4.09. The maximum Gasteiger partial charge on any atom is 0.212 e.